The van der Waals surface area contributed by atoms with Crippen molar-refractivity contribution in [1.82, 2.24) is 5.32 Å². The molecule has 0 saturated heterocycles. The largest absolute Gasteiger partial charge is 0.756 e. The topological polar surface area (TPSA) is 108 Å². The van der Waals surface area contributed by atoms with Crippen LogP contribution in [0.2, 0.25) is 0 Å². The van der Waals surface area contributed by atoms with E-state index in [1.54, 1.807) is 6.08 Å². The molecular weight excluding hydrogens is 1020 g/mol. The number of aliphatic hydroxyl groups excluding tert-OH is 1. The van der Waals surface area contributed by atoms with Crippen molar-refractivity contribution >= 4 is 13.7 Å². The molecule has 0 aromatic carbocycles. The van der Waals surface area contributed by atoms with Gasteiger partial charge in [0, 0.05) is 6.42 Å². The first-order chi connectivity index (χ1) is 39.5. The monoisotopic (exact) mass is 1150 g/mol. The Morgan fingerprint density at radius 3 is 1.15 bits per heavy atom. The van der Waals surface area contributed by atoms with E-state index in [9.17, 15) is 19.4 Å². The van der Waals surface area contributed by atoms with Gasteiger partial charge < -0.3 is 28.8 Å². The summed E-state index contributed by atoms with van der Waals surface area (Å²) in [6, 6.07) is -0.906. The number of nitrogens with one attached hydrogen (secondary N) is 1. The average Bonchev–Trinajstić information content (AvgIpc) is 3.43. The summed E-state index contributed by atoms with van der Waals surface area (Å²) >= 11 is 0. The Bertz CT molecular complexity index is 1600. The second kappa shape index (κ2) is 62.2. The molecule has 0 aromatic heterocycles. The molecule has 0 aliphatic carbocycles. The number of rotatable bonds is 63. The van der Waals surface area contributed by atoms with Crippen LogP contribution in [0.15, 0.2) is 85.1 Å². The first kappa shape index (κ1) is 78.7. The predicted octanol–water partition coefficient (Wildman–Crippen LogP) is 21.3. The Hall–Kier alpha value is -2.32. The van der Waals surface area contributed by atoms with Crippen LogP contribution in [-0.2, 0) is 18.4 Å². The summed E-state index contributed by atoms with van der Waals surface area (Å²) in [6.07, 6.45) is 88.5. The van der Waals surface area contributed by atoms with Crippen molar-refractivity contribution in [3.63, 3.8) is 0 Å². The maximum Gasteiger partial charge on any atom is 0.268 e. The van der Waals surface area contributed by atoms with Gasteiger partial charge in [0.1, 0.15) is 13.2 Å². The van der Waals surface area contributed by atoms with Gasteiger partial charge in [-0.2, -0.15) is 0 Å². The third-order valence-electron chi connectivity index (χ3n) is 15.3. The number of carbonyl (C=O) groups is 1. The van der Waals surface area contributed by atoms with Crippen LogP contribution in [0.3, 0.4) is 0 Å². The van der Waals surface area contributed by atoms with Gasteiger partial charge in [-0.3, -0.25) is 9.36 Å². The second-order valence-electron chi connectivity index (χ2n) is 24.5. The van der Waals surface area contributed by atoms with E-state index in [0.29, 0.717) is 17.4 Å². The lowest BCUT2D eigenvalue weighted by Gasteiger charge is -2.29. The summed E-state index contributed by atoms with van der Waals surface area (Å²) in [7, 11) is 1.25. The maximum absolute atomic E-state index is 13.0. The lowest BCUT2D eigenvalue weighted by molar-refractivity contribution is -0.870. The summed E-state index contributed by atoms with van der Waals surface area (Å²) in [5, 5.41) is 13.9. The van der Waals surface area contributed by atoms with Gasteiger partial charge in [0.05, 0.1) is 39.9 Å². The lowest BCUT2D eigenvalue weighted by Crippen LogP contribution is -2.45. The van der Waals surface area contributed by atoms with E-state index in [2.05, 4.69) is 92.1 Å². The van der Waals surface area contributed by atoms with Crippen LogP contribution in [0.1, 0.15) is 316 Å². The number of nitrogens with zero attached hydrogens (tertiary/aromatic N) is 1. The Balaban J connectivity index is 4.04. The quantitative estimate of drug-likeness (QED) is 0.0272. The van der Waals surface area contributed by atoms with E-state index < -0.39 is 26.6 Å². The van der Waals surface area contributed by atoms with E-state index >= 15 is 0 Å². The molecule has 0 aromatic rings. The minimum absolute atomic E-state index is 0.00695. The summed E-state index contributed by atoms with van der Waals surface area (Å²) in [5.41, 5.74) is 0. The molecule has 472 valence electrons. The van der Waals surface area contributed by atoms with Crippen molar-refractivity contribution < 1.29 is 32.9 Å². The Morgan fingerprint density at radius 2 is 0.765 bits per heavy atom. The predicted molar refractivity (Wildman–Crippen MR) is 353 cm³/mol. The lowest BCUT2D eigenvalue weighted by atomic mass is 10.0. The fraction of sp³-hybridized carbons (Fsp3) is 0.792. The van der Waals surface area contributed by atoms with Gasteiger partial charge >= 0.3 is 0 Å². The molecule has 9 heteroatoms. The molecule has 0 aliphatic rings. The van der Waals surface area contributed by atoms with E-state index in [1.807, 2.05) is 27.2 Å². The fourth-order valence-electron chi connectivity index (χ4n) is 10.0. The van der Waals surface area contributed by atoms with Crippen molar-refractivity contribution in [2.24, 2.45) is 0 Å². The van der Waals surface area contributed by atoms with Gasteiger partial charge in [-0.15, -0.1) is 0 Å². The number of quaternary nitrogens is 1. The molecule has 0 bridgehead atoms. The highest BCUT2D eigenvalue weighted by molar-refractivity contribution is 7.45. The zero-order valence-corrected chi connectivity index (χ0v) is 54.9. The number of hydrogen-bond donors (Lipinski definition) is 2. The average molecular weight is 1150 g/mol. The molecule has 0 spiro atoms. The third kappa shape index (κ3) is 65.1. The Kier molecular flexibility index (Phi) is 60.4. The smallest absolute Gasteiger partial charge is 0.268 e. The van der Waals surface area contributed by atoms with E-state index in [1.165, 1.54) is 225 Å². The number of hydrogen-bond acceptors (Lipinski definition) is 6. The van der Waals surface area contributed by atoms with Crippen LogP contribution in [-0.4, -0.2) is 68.5 Å². The number of aliphatic hydroxyl groups is 1. The highest BCUT2D eigenvalue weighted by Gasteiger charge is 2.23. The molecule has 8 nitrogen and oxygen atoms in total. The molecule has 0 heterocycles. The molecular formula is C72H133N2O6P. The molecule has 3 unspecified atom stereocenters. The molecule has 0 rings (SSSR count). The minimum atomic E-state index is -4.61. The summed E-state index contributed by atoms with van der Waals surface area (Å²) in [4.78, 5) is 25.6. The molecule has 0 fully saturated rings. The van der Waals surface area contributed by atoms with Gasteiger partial charge in [-0.25, -0.2) is 0 Å². The van der Waals surface area contributed by atoms with Crippen LogP contribution < -0.4 is 10.2 Å². The Labute approximate surface area is 503 Å². The number of allylic oxidation sites excluding steroid dienone is 13. The maximum atomic E-state index is 13.0. The van der Waals surface area contributed by atoms with E-state index in [0.717, 1.165) is 70.6 Å². The highest BCUT2D eigenvalue weighted by atomic mass is 31.2. The molecule has 81 heavy (non-hydrogen) atoms. The number of likely N-dealkylation sites (N-methyl/N-ethyl adjacent to an activating group) is 1. The van der Waals surface area contributed by atoms with Gasteiger partial charge in [0.15, 0.2) is 0 Å². The minimum Gasteiger partial charge on any atom is -0.756 e. The zero-order chi connectivity index (χ0) is 59.1. The van der Waals surface area contributed by atoms with Crippen molar-refractivity contribution in [2.45, 2.75) is 328 Å². The molecule has 0 saturated carbocycles. The summed E-state index contributed by atoms with van der Waals surface area (Å²) in [5.74, 6) is -0.203. The molecule has 0 radical (unpaired) electrons. The van der Waals surface area contributed by atoms with Crippen molar-refractivity contribution in [3.8, 4) is 0 Å². The fourth-order valence-corrected chi connectivity index (χ4v) is 10.7. The molecule has 0 aliphatic heterocycles. The summed E-state index contributed by atoms with van der Waals surface area (Å²) in [6.45, 7) is 4.55. The zero-order valence-electron chi connectivity index (χ0n) is 54.0. The van der Waals surface area contributed by atoms with Crippen molar-refractivity contribution in [3.05, 3.63) is 85.1 Å². The van der Waals surface area contributed by atoms with E-state index in [-0.39, 0.29) is 12.5 Å². The van der Waals surface area contributed by atoms with Crippen LogP contribution in [0.5, 0.6) is 0 Å². The van der Waals surface area contributed by atoms with Crippen molar-refractivity contribution in [1.29, 1.82) is 0 Å². The van der Waals surface area contributed by atoms with Gasteiger partial charge in [-0.05, 0) is 77.0 Å². The number of phosphoric ester groups is 1. The van der Waals surface area contributed by atoms with Crippen molar-refractivity contribution in [2.75, 3.05) is 40.9 Å². The third-order valence-corrected chi connectivity index (χ3v) is 16.3. The SMILES string of the molecule is CC/C=C\C/C=C\C/C=C\C/C=C\C/C=C\CCCCCCCCCCCCCCCCCCCCCCCC(=O)NC(COP(=O)([O-])OCC[N+](C)(C)C)C(O)/C=C/CC/C=C/CCCCCCCCCCCCCCCCCC. The number of amides is 1. The number of carbonyl (C=O) groups excluding carboxylic acids is 1. The second-order valence-corrected chi connectivity index (χ2v) is 25.9. The normalized spacial score (nSPS) is 14.2. The first-order valence-electron chi connectivity index (χ1n) is 34.4. The standard InChI is InChI=1S/C72H133N2O6P/c1-6-8-10-12-14-16-18-20-22-24-26-28-30-31-32-33-34-35-36-37-38-39-40-41-42-43-44-46-48-50-52-54-56-58-60-62-64-66-72(76)73-70(69-80-81(77,78)79-68-67-74(3,4)5)71(75)65-63-61-59-57-55-53-51-49-47-45-29-27-25-23-21-19-17-15-13-11-9-7-2/h8,10,14,16,20,22,26,28,31-32,55,57,63,65,70-71,75H,6-7,9,11-13,15,17-19,21,23-25,27,29-30,33-54,56,58-62,64,66-69H2,1-5H3,(H-,73,76,77,78)/b10-8-,16-14-,22-20-,28-26-,32-31-,57-55+,65-63+. The van der Waals surface area contributed by atoms with Gasteiger partial charge in [-0.1, -0.05) is 317 Å². The molecule has 3 atom stereocenters. The van der Waals surface area contributed by atoms with Crippen LogP contribution in [0, 0.1) is 0 Å². The summed E-state index contributed by atoms with van der Waals surface area (Å²) < 4.78 is 23.4. The van der Waals surface area contributed by atoms with Crippen LogP contribution in [0.4, 0.5) is 0 Å². The first-order valence-corrected chi connectivity index (χ1v) is 35.9. The Morgan fingerprint density at radius 1 is 0.444 bits per heavy atom. The molecule has 1 amide bonds. The molecule has 2 N–H and O–H groups in total. The number of phosphoric acid groups is 1. The van der Waals surface area contributed by atoms with Crippen LogP contribution in [0.25, 0.3) is 0 Å². The number of unbranched alkanes of at least 4 members (excludes halogenated alkanes) is 38. The van der Waals surface area contributed by atoms with Gasteiger partial charge in [0.2, 0.25) is 5.91 Å². The van der Waals surface area contributed by atoms with E-state index in [4.69, 9.17) is 9.05 Å². The highest BCUT2D eigenvalue weighted by Crippen LogP contribution is 2.38. The van der Waals surface area contributed by atoms with Crippen LogP contribution >= 0.6 is 7.82 Å². The van der Waals surface area contributed by atoms with Gasteiger partial charge in [0.25, 0.3) is 7.82 Å².